The fourth-order valence-corrected chi connectivity index (χ4v) is 2.62. The van der Waals surface area contributed by atoms with Crippen LogP contribution in [0, 0.1) is 12.8 Å². The number of aliphatic hydroxyl groups is 1. The average molecular weight is 245 g/mol. The largest absolute Gasteiger partial charge is 0.393 e. The normalized spacial score (nSPS) is 23.7. The Kier molecular flexibility index (Phi) is 4.43. The Morgan fingerprint density at radius 1 is 1.28 bits per heavy atom. The molecule has 2 N–H and O–H groups in total. The van der Waals surface area contributed by atoms with E-state index >= 15 is 0 Å². The van der Waals surface area contributed by atoms with Gasteiger partial charge in [-0.2, -0.15) is 0 Å². The minimum Gasteiger partial charge on any atom is -0.393 e. The molecule has 0 heterocycles. The summed E-state index contributed by atoms with van der Waals surface area (Å²) in [5.74, 6) is 0.675. The van der Waals surface area contributed by atoms with Gasteiger partial charge in [-0.1, -0.05) is 30.8 Å². The second kappa shape index (κ2) is 6.05. The van der Waals surface area contributed by atoms with Gasteiger partial charge in [0.05, 0.1) is 6.10 Å². The first-order valence-corrected chi connectivity index (χ1v) is 6.83. The van der Waals surface area contributed by atoms with Crippen LogP contribution in [0.15, 0.2) is 30.8 Å². The summed E-state index contributed by atoms with van der Waals surface area (Å²) in [7, 11) is 0. The van der Waals surface area contributed by atoms with E-state index < -0.39 is 0 Å². The lowest BCUT2D eigenvalue weighted by molar-refractivity contribution is 0.109. The number of aliphatic hydroxyl groups excluding tert-OH is 1. The van der Waals surface area contributed by atoms with E-state index in [1.807, 2.05) is 6.07 Å². The van der Waals surface area contributed by atoms with Gasteiger partial charge >= 0.3 is 0 Å². The zero-order valence-electron chi connectivity index (χ0n) is 11.2. The van der Waals surface area contributed by atoms with Crippen LogP contribution >= 0.6 is 0 Å². The zero-order valence-corrected chi connectivity index (χ0v) is 11.2. The topological polar surface area (TPSA) is 32.3 Å². The van der Waals surface area contributed by atoms with Gasteiger partial charge in [0.2, 0.25) is 0 Å². The summed E-state index contributed by atoms with van der Waals surface area (Å²) in [4.78, 5) is 0. The van der Waals surface area contributed by atoms with E-state index in [4.69, 9.17) is 0 Å². The van der Waals surface area contributed by atoms with Gasteiger partial charge in [-0.3, -0.25) is 0 Å². The zero-order chi connectivity index (χ0) is 13.0. The molecular formula is C16H23NO. The SMILES string of the molecule is C=C(NCC1CCC(O)CC1)c1ccccc1C. The predicted octanol–water partition coefficient (Wildman–Crippen LogP) is 3.11. The van der Waals surface area contributed by atoms with Crippen molar-refractivity contribution in [2.75, 3.05) is 6.54 Å². The predicted molar refractivity (Wildman–Crippen MR) is 76.2 cm³/mol. The highest BCUT2D eigenvalue weighted by Gasteiger charge is 2.19. The molecule has 1 aromatic rings. The Morgan fingerprint density at radius 3 is 2.61 bits per heavy atom. The third-order valence-electron chi connectivity index (χ3n) is 3.89. The van der Waals surface area contributed by atoms with Gasteiger partial charge in [0.25, 0.3) is 0 Å². The van der Waals surface area contributed by atoms with Crippen LogP contribution in [0.4, 0.5) is 0 Å². The standard InChI is InChI=1S/C16H23NO/c1-12-5-3-4-6-16(12)13(2)17-11-14-7-9-15(18)10-8-14/h3-6,14-15,17-18H,2,7-11H2,1H3. The first-order valence-electron chi connectivity index (χ1n) is 6.83. The lowest BCUT2D eigenvalue weighted by Gasteiger charge is -2.26. The van der Waals surface area contributed by atoms with Crippen molar-refractivity contribution in [3.8, 4) is 0 Å². The molecule has 98 valence electrons. The monoisotopic (exact) mass is 245 g/mol. The molecule has 2 nitrogen and oxygen atoms in total. The van der Waals surface area contributed by atoms with Crippen molar-refractivity contribution in [1.82, 2.24) is 5.32 Å². The first-order chi connectivity index (χ1) is 8.66. The Balaban J connectivity index is 1.84. The van der Waals surface area contributed by atoms with E-state index in [0.29, 0.717) is 5.92 Å². The summed E-state index contributed by atoms with van der Waals surface area (Å²) in [6.45, 7) is 7.21. The smallest absolute Gasteiger partial charge is 0.0540 e. The Hall–Kier alpha value is -1.28. The van der Waals surface area contributed by atoms with E-state index in [0.717, 1.165) is 37.9 Å². The van der Waals surface area contributed by atoms with Crippen molar-refractivity contribution in [2.24, 2.45) is 5.92 Å². The van der Waals surface area contributed by atoms with Crippen molar-refractivity contribution in [3.63, 3.8) is 0 Å². The van der Waals surface area contributed by atoms with Gasteiger partial charge in [0.1, 0.15) is 0 Å². The molecule has 0 aliphatic heterocycles. The van der Waals surface area contributed by atoms with Crippen LogP contribution in [0.2, 0.25) is 0 Å². The lowest BCUT2D eigenvalue weighted by Crippen LogP contribution is -2.27. The number of rotatable bonds is 4. The summed E-state index contributed by atoms with van der Waals surface area (Å²) in [6, 6.07) is 8.31. The molecule has 0 atom stereocenters. The maximum Gasteiger partial charge on any atom is 0.0540 e. The highest BCUT2D eigenvalue weighted by molar-refractivity contribution is 5.64. The molecule has 0 unspecified atom stereocenters. The maximum absolute atomic E-state index is 9.48. The number of hydrogen-bond donors (Lipinski definition) is 2. The van der Waals surface area contributed by atoms with Crippen LogP contribution in [0.1, 0.15) is 36.8 Å². The number of nitrogens with one attached hydrogen (secondary N) is 1. The molecule has 1 aliphatic rings. The van der Waals surface area contributed by atoms with E-state index in [-0.39, 0.29) is 6.10 Å². The molecule has 0 radical (unpaired) electrons. The van der Waals surface area contributed by atoms with Crippen molar-refractivity contribution in [1.29, 1.82) is 0 Å². The molecule has 2 heteroatoms. The van der Waals surface area contributed by atoms with Crippen LogP contribution in [0.5, 0.6) is 0 Å². The second-order valence-corrected chi connectivity index (χ2v) is 5.35. The second-order valence-electron chi connectivity index (χ2n) is 5.35. The fraction of sp³-hybridized carbons (Fsp3) is 0.500. The quantitative estimate of drug-likeness (QED) is 0.854. The summed E-state index contributed by atoms with van der Waals surface area (Å²) < 4.78 is 0. The molecule has 1 fully saturated rings. The minimum absolute atomic E-state index is 0.0687. The number of hydrogen-bond acceptors (Lipinski definition) is 2. The summed E-state index contributed by atoms with van der Waals surface area (Å²) in [6.07, 6.45) is 4.07. The van der Waals surface area contributed by atoms with Gasteiger partial charge in [0.15, 0.2) is 0 Å². The molecule has 1 saturated carbocycles. The van der Waals surface area contributed by atoms with Crippen LogP contribution in [-0.2, 0) is 0 Å². The molecule has 2 rings (SSSR count). The highest BCUT2D eigenvalue weighted by atomic mass is 16.3. The Morgan fingerprint density at radius 2 is 1.94 bits per heavy atom. The molecule has 1 aliphatic carbocycles. The molecular weight excluding hydrogens is 222 g/mol. The van der Waals surface area contributed by atoms with Gasteiger partial charge in [-0.25, -0.2) is 0 Å². The average Bonchev–Trinajstić information content (AvgIpc) is 2.38. The van der Waals surface area contributed by atoms with Crippen molar-refractivity contribution >= 4 is 5.70 Å². The van der Waals surface area contributed by atoms with Crippen molar-refractivity contribution in [3.05, 3.63) is 42.0 Å². The first kappa shape index (κ1) is 13.2. The molecule has 0 amide bonds. The summed E-state index contributed by atoms with van der Waals surface area (Å²) in [5, 5.41) is 12.9. The van der Waals surface area contributed by atoms with E-state index in [2.05, 4.69) is 37.0 Å². The third kappa shape index (κ3) is 3.36. The maximum atomic E-state index is 9.48. The van der Waals surface area contributed by atoms with Gasteiger partial charge in [-0.15, -0.1) is 0 Å². The van der Waals surface area contributed by atoms with Crippen LogP contribution in [0.25, 0.3) is 5.70 Å². The van der Waals surface area contributed by atoms with Crippen LogP contribution in [-0.4, -0.2) is 17.8 Å². The van der Waals surface area contributed by atoms with E-state index in [1.54, 1.807) is 0 Å². The third-order valence-corrected chi connectivity index (χ3v) is 3.89. The van der Waals surface area contributed by atoms with Gasteiger partial charge in [-0.05, 0) is 49.7 Å². The summed E-state index contributed by atoms with van der Waals surface area (Å²) >= 11 is 0. The Labute approximate surface area is 110 Å². The van der Waals surface area contributed by atoms with Crippen molar-refractivity contribution < 1.29 is 5.11 Å². The van der Waals surface area contributed by atoms with E-state index in [9.17, 15) is 5.11 Å². The van der Waals surface area contributed by atoms with Crippen LogP contribution < -0.4 is 5.32 Å². The molecule has 18 heavy (non-hydrogen) atoms. The van der Waals surface area contributed by atoms with E-state index in [1.165, 1.54) is 11.1 Å². The summed E-state index contributed by atoms with van der Waals surface area (Å²) in [5.41, 5.74) is 3.47. The lowest BCUT2D eigenvalue weighted by atomic mass is 9.87. The van der Waals surface area contributed by atoms with Gasteiger partial charge < -0.3 is 10.4 Å². The molecule has 0 aromatic heterocycles. The number of benzene rings is 1. The fourth-order valence-electron chi connectivity index (χ4n) is 2.62. The molecule has 0 bridgehead atoms. The highest BCUT2D eigenvalue weighted by Crippen LogP contribution is 2.24. The van der Waals surface area contributed by atoms with Crippen molar-refractivity contribution in [2.45, 2.75) is 38.7 Å². The number of aryl methyl sites for hydroxylation is 1. The molecule has 0 saturated heterocycles. The minimum atomic E-state index is -0.0687. The Bertz CT molecular complexity index is 405. The van der Waals surface area contributed by atoms with Gasteiger partial charge in [0, 0.05) is 12.2 Å². The van der Waals surface area contributed by atoms with Crippen LogP contribution in [0.3, 0.4) is 0 Å². The molecule has 0 spiro atoms. The molecule has 1 aromatic carbocycles.